The van der Waals surface area contributed by atoms with Gasteiger partial charge in [0.25, 0.3) is 0 Å². The van der Waals surface area contributed by atoms with E-state index in [9.17, 15) is 0 Å². The number of rotatable bonds is 3. The van der Waals surface area contributed by atoms with Crippen molar-refractivity contribution in [2.24, 2.45) is 0 Å². The Kier molecular flexibility index (Phi) is 5.27. The van der Waals surface area contributed by atoms with Gasteiger partial charge in [0.15, 0.2) is 5.11 Å². The average Bonchev–Trinajstić information content (AvgIpc) is 2.62. The van der Waals surface area contributed by atoms with E-state index in [4.69, 9.17) is 12.2 Å². The Morgan fingerprint density at radius 2 is 1.48 bits per heavy atom. The number of para-hydroxylation sites is 1. The second-order valence-corrected chi connectivity index (χ2v) is 5.93. The van der Waals surface area contributed by atoms with Crippen molar-refractivity contribution in [3.8, 4) is 0 Å². The minimum absolute atomic E-state index is 0.808. The highest BCUT2D eigenvalue weighted by Crippen LogP contribution is 2.10. The molecule has 1 fully saturated rings. The zero-order valence-electron chi connectivity index (χ0n) is 13.1. The molecule has 0 aromatic heterocycles. The topological polar surface area (TPSA) is 18.5 Å². The molecule has 1 saturated heterocycles. The number of piperazine rings is 1. The average molecular weight is 323 g/mol. The first kappa shape index (κ1) is 15.6. The molecule has 1 N–H and O–H groups in total. The molecular formula is C19H21N3S. The van der Waals surface area contributed by atoms with Crippen LogP contribution >= 0.6 is 12.2 Å². The third kappa shape index (κ3) is 4.57. The number of nitrogens with zero attached hydrogens (tertiary/aromatic N) is 2. The molecule has 2 aromatic rings. The number of hydrogen-bond acceptors (Lipinski definition) is 2. The third-order valence-corrected chi connectivity index (χ3v) is 4.26. The first-order valence-electron chi connectivity index (χ1n) is 7.89. The minimum Gasteiger partial charge on any atom is -0.374 e. The van der Waals surface area contributed by atoms with Crippen LogP contribution in [-0.2, 0) is 0 Å². The molecule has 23 heavy (non-hydrogen) atoms. The van der Waals surface area contributed by atoms with Gasteiger partial charge in [-0.1, -0.05) is 48.5 Å². The summed E-state index contributed by atoms with van der Waals surface area (Å²) in [5, 5.41) is 4.11. The molecule has 0 spiro atoms. The minimum atomic E-state index is 0.808. The zero-order chi connectivity index (χ0) is 15.9. The summed E-state index contributed by atoms with van der Waals surface area (Å²) >= 11 is 5.51. The number of thiocarbonyl (C=S) groups is 1. The van der Waals surface area contributed by atoms with Gasteiger partial charge in [-0.2, -0.15) is 0 Å². The van der Waals surface area contributed by atoms with Gasteiger partial charge >= 0.3 is 0 Å². The maximum atomic E-state index is 5.51. The molecule has 1 aliphatic heterocycles. The zero-order valence-corrected chi connectivity index (χ0v) is 13.9. The molecule has 4 heteroatoms. The lowest BCUT2D eigenvalue weighted by molar-refractivity contribution is 0.241. The highest BCUT2D eigenvalue weighted by Gasteiger charge is 2.16. The number of nitrogens with one attached hydrogen (secondary N) is 1. The maximum Gasteiger partial charge on any atom is 0.173 e. The Morgan fingerprint density at radius 1 is 0.870 bits per heavy atom. The highest BCUT2D eigenvalue weighted by atomic mass is 32.1. The maximum absolute atomic E-state index is 5.51. The molecule has 1 aliphatic rings. The quantitative estimate of drug-likeness (QED) is 0.868. The molecule has 3 rings (SSSR count). The number of hydrogen-bond donors (Lipinski definition) is 1. The van der Waals surface area contributed by atoms with E-state index in [0.29, 0.717) is 0 Å². The van der Waals surface area contributed by atoms with Gasteiger partial charge in [0.2, 0.25) is 0 Å². The fraction of sp³-hybridized carbons (Fsp3) is 0.211. The standard InChI is InChI=1S/C19H21N3S/c23-19(20-18-9-5-2-6-10-18)22-15-13-21(14-16-22)12-11-17-7-3-1-4-8-17/h1-12H,13-16H2,(H,20,23)/b12-11+. The SMILES string of the molecule is S=C(Nc1ccccc1)N1CCN(/C=C/c2ccccc2)CC1. The molecule has 0 amide bonds. The van der Waals surface area contributed by atoms with Crippen molar-refractivity contribution < 1.29 is 0 Å². The van der Waals surface area contributed by atoms with Crippen LogP contribution in [0.1, 0.15) is 5.56 Å². The molecule has 0 unspecified atom stereocenters. The van der Waals surface area contributed by atoms with Gasteiger partial charge in [-0.3, -0.25) is 0 Å². The van der Waals surface area contributed by atoms with E-state index in [1.807, 2.05) is 36.4 Å². The summed E-state index contributed by atoms with van der Waals surface area (Å²) in [6.45, 7) is 3.86. The fourth-order valence-electron chi connectivity index (χ4n) is 2.55. The summed E-state index contributed by atoms with van der Waals surface area (Å²) in [6, 6.07) is 20.5. The lowest BCUT2D eigenvalue weighted by Crippen LogP contribution is -2.48. The van der Waals surface area contributed by atoms with E-state index in [2.05, 4.69) is 51.7 Å². The van der Waals surface area contributed by atoms with Crippen molar-refractivity contribution in [2.75, 3.05) is 31.5 Å². The molecule has 118 valence electrons. The molecule has 3 nitrogen and oxygen atoms in total. The van der Waals surface area contributed by atoms with Crippen molar-refractivity contribution >= 4 is 29.1 Å². The van der Waals surface area contributed by atoms with E-state index in [0.717, 1.165) is 37.0 Å². The predicted molar refractivity (Wildman–Crippen MR) is 101 cm³/mol. The Balaban J connectivity index is 1.48. The van der Waals surface area contributed by atoms with Gasteiger partial charge in [0.1, 0.15) is 0 Å². The first-order chi connectivity index (χ1) is 11.3. The molecule has 0 radical (unpaired) electrons. The van der Waals surface area contributed by atoms with Gasteiger partial charge in [-0.15, -0.1) is 0 Å². The second kappa shape index (κ2) is 7.79. The van der Waals surface area contributed by atoms with Crippen LogP contribution < -0.4 is 5.32 Å². The molecule has 1 heterocycles. The molecule has 0 bridgehead atoms. The fourth-order valence-corrected chi connectivity index (χ4v) is 2.85. The van der Waals surface area contributed by atoms with Crippen LogP contribution in [0.4, 0.5) is 5.69 Å². The summed E-state index contributed by atoms with van der Waals surface area (Å²) in [7, 11) is 0. The number of benzene rings is 2. The lowest BCUT2D eigenvalue weighted by atomic mass is 10.2. The van der Waals surface area contributed by atoms with Gasteiger partial charge in [0, 0.05) is 31.9 Å². The largest absolute Gasteiger partial charge is 0.374 e. The lowest BCUT2D eigenvalue weighted by Gasteiger charge is -2.35. The number of anilines is 1. The normalized spacial score (nSPS) is 15.0. The van der Waals surface area contributed by atoms with Crippen LogP contribution in [-0.4, -0.2) is 41.1 Å². The van der Waals surface area contributed by atoms with Crippen LogP contribution in [0.2, 0.25) is 0 Å². The van der Waals surface area contributed by atoms with E-state index < -0.39 is 0 Å². The third-order valence-electron chi connectivity index (χ3n) is 3.90. The van der Waals surface area contributed by atoms with Crippen LogP contribution in [0.15, 0.2) is 66.9 Å². The smallest absolute Gasteiger partial charge is 0.173 e. The van der Waals surface area contributed by atoms with E-state index in [-0.39, 0.29) is 0 Å². The Hall–Kier alpha value is -2.33. The summed E-state index contributed by atoms with van der Waals surface area (Å²) < 4.78 is 0. The summed E-state index contributed by atoms with van der Waals surface area (Å²) in [5.74, 6) is 0. The molecule has 2 aromatic carbocycles. The van der Waals surface area contributed by atoms with E-state index >= 15 is 0 Å². The Morgan fingerprint density at radius 3 is 2.13 bits per heavy atom. The molecule has 0 aliphatic carbocycles. The van der Waals surface area contributed by atoms with Crippen molar-refractivity contribution in [3.63, 3.8) is 0 Å². The summed E-state index contributed by atoms with van der Waals surface area (Å²) in [4.78, 5) is 4.57. The summed E-state index contributed by atoms with van der Waals surface area (Å²) in [6.07, 6.45) is 4.34. The Bertz CT molecular complexity index is 647. The Labute approximate surface area is 143 Å². The van der Waals surface area contributed by atoms with Gasteiger partial charge in [-0.25, -0.2) is 0 Å². The predicted octanol–water partition coefficient (Wildman–Crippen LogP) is 3.67. The van der Waals surface area contributed by atoms with Crippen molar-refractivity contribution in [1.82, 2.24) is 9.80 Å². The second-order valence-electron chi connectivity index (χ2n) is 5.55. The van der Waals surface area contributed by atoms with Crippen molar-refractivity contribution in [2.45, 2.75) is 0 Å². The van der Waals surface area contributed by atoms with E-state index in [1.54, 1.807) is 0 Å². The molecular weight excluding hydrogens is 302 g/mol. The van der Waals surface area contributed by atoms with Gasteiger partial charge in [0.05, 0.1) is 0 Å². The summed E-state index contributed by atoms with van der Waals surface area (Å²) in [5.41, 5.74) is 2.28. The first-order valence-corrected chi connectivity index (χ1v) is 8.30. The van der Waals surface area contributed by atoms with Crippen LogP contribution in [0.3, 0.4) is 0 Å². The van der Waals surface area contributed by atoms with Crippen LogP contribution in [0, 0.1) is 0 Å². The molecule has 0 atom stereocenters. The van der Waals surface area contributed by atoms with Crippen LogP contribution in [0.5, 0.6) is 0 Å². The highest BCUT2D eigenvalue weighted by molar-refractivity contribution is 7.80. The van der Waals surface area contributed by atoms with Crippen molar-refractivity contribution in [3.05, 3.63) is 72.4 Å². The monoisotopic (exact) mass is 323 g/mol. The van der Waals surface area contributed by atoms with Gasteiger partial charge in [-0.05, 0) is 42.2 Å². The molecule has 0 saturated carbocycles. The van der Waals surface area contributed by atoms with Crippen LogP contribution in [0.25, 0.3) is 6.08 Å². The van der Waals surface area contributed by atoms with Crippen molar-refractivity contribution in [1.29, 1.82) is 0 Å². The van der Waals surface area contributed by atoms with Gasteiger partial charge < -0.3 is 15.1 Å². The van der Waals surface area contributed by atoms with E-state index in [1.165, 1.54) is 5.56 Å².